The third-order valence-electron chi connectivity index (χ3n) is 4.78. The van der Waals surface area contributed by atoms with E-state index in [4.69, 9.17) is 9.47 Å². The Morgan fingerprint density at radius 3 is 2.75 bits per heavy atom. The van der Waals surface area contributed by atoms with Crippen molar-refractivity contribution in [3.63, 3.8) is 0 Å². The molecule has 6 heteroatoms. The van der Waals surface area contributed by atoms with Crippen LogP contribution in [0.3, 0.4) is 0 Å². The van der Waals surface area contributed by atoms with Crippen LogP contribution in [-0.4, -0.2) is 48.5 Å². The number of nitrogens with zero attached hydrogens (tertiary/aromatic N) is 1. The third-order valence-corrected chi connectivity index (χ3v) is 4.78. The SMILES string of the molecule is COC1(CNc2nc3ccccc3c(C)c2C(=O)O)CCOCC1. The summed E-state index contributed by atoms with van der Waals surface area (Å²) in [6, 6.07) is 7.56. The number of carboxylic acid groups (broad SMARTS) is 1. The van der Waals surface area contributed by atoms with Gasteiger partial charge in [-0.2, -0.15) is 0 Å². The van der Waals surface area contributed by atoms with Crippen molar-refractivity contribution in [2.45, 2.75) is 25.4 Å². The maximum absolute atomic E-state index is 11.8. The quantitative estimate of drug-likeness (QED) is 0.877. The molecular weight excluding hydrogens is 308 g/mol. The number of pyridine rings is 1. The number of anilines is 1. The first kappa shape index (κ1) is 16.7. The number of hydrogen-bond donors (Lipinski definition) is 2. The van der Waals surface area contributed by atoms with Crippen LogP contribution >= 0.6 is 0 Å². The normalized spacial score (nSPS) is 16.9. The number of carboxylic acids is 1. The number of aromatic carboxylic acids is 1. The highest BCUT2D eigenvalue weighted by atomic mass is 16.5. The topological polar surface area (TPSA) is 80.7 Å². The van der Waals surface area contributed by atoms with Gasteiger partial charge in [-0.1, -0.05) is 18.2 Å². The Kier molecular flexibility index (Phi) is 4.69. The Balaban J connectivity index is 1.96. The molecule has 0 amide bonds. The number of aryl methyl sites for hydroxylation is 1. The Hall–Kier alpha value is -2.18. The van der Waals surface area contributed by atoms with Gasteiger partial charge in [0.1, 0.15) is 11.4 Å². The monoisotopic (exact) mass is 330 g/mol. The second kappa shape index (κ2) is 6.75. The molecule has 0 atom stereocenters. The van der Waals surface area contributed by atoms with E-state index in [2.05, 4.69) is 10.3 Å². The summed E-state index contributed by atoms with van der Waals surface area (Å²) in [7, 11) is 1.68. The van der Waals surface area contributed by atoms with E-state index in [1.165, 1.54) is 0 Å². The van der Waals surface area contributed by atoms with Gasteiger partial charge in [-0.15, -0.1) is 0 Å². The molecule has 1 aliphatic rings. The summed E-state index contributed by atoms with van der Waals surface area (Å²) < 4.78 is 11.1. The van der Waals surface area contributed by atoms with E-state index >= 15 is 0 Å². The van der Waals surface area contributed by atoms with Crippen molar-refractivity contribution in [3.8, 4) is 0 Å². The maximum atomic E-state index is 11.8. The van der Waals surface area contributed by atoms with Gasteiger partial charge in [0.2, 0.25) is 0 Å². The second-order valence-corrected chi connectivity index (χ2v) is 6.14. The second-order valence-electron chi connectivity index (χ2n) is 6.14. The molecular formula is C18H22N2O4. The van der Waals surface area contributed by atoms with Crippen LogP contribution in [0.5, 0.6) is 0 Å². The molecule has 1 aromatic carbocycles. The Morgan fingerprint density at radius 1 is 1.38 bits per heavy atom. The summed E-state index contributed by atoms with van der Waals surface area (Å²) in [6.07, 6.45) is 1.54. The number of fused-ring (bicyclic) bond motifs is 1. The molecule has 0 spiro atoms. The Bertz CT molecular complexity index is 754. The number of carbonyl (C=O) groups is 1. The first-order valence-corrected chi connectivity index (χ1v) is 8.06. The summed E-state index contributed by atoms with van der Waals surface area (Å²) in [5, 5.41) is 13.7. The molecule has 2 aromatic rings. The number of para-hydroxylation sites is 1. The highest BCUT2D eigenvalue weighted by Gasteiger charge is 2.33. The van der Waals surface area contributed by atoms with Crippen molar-refractivity contribution in [1.29, 1.82) is 0 Å². The molecule has 128 valence electrons. The lowest BCUT2D eigenvalue weighted by molar-refractivity contribution is -0.0807. The van der Waals surface area contributed by atoms with Gasteiger partial charge in [-0.05, 0) is 18.6 Å². The van der Waals surface area contributed by atoms with Crippen LogP contribution in [0.2, 0.25) is 0 Å². The number of rotatable bonds is 5. The van der Waals surface area contributed by atoms with Crippen LogP contribution in [0.4, 0.5) is 5.82 Å². The van der Waals surface area contributed by atoms with Crippen LogP contribution in [0.25, 0.3) is 10.9 Å². The van der Waals surface area contributed by atoms with Crippen LogP contribution < -0.4 is 5.32 Å². The summed E-state index contributed by atoms with van der Waals surface area (Å²) >= 11 is 0. The van der Waals surface area contributed by atoms with E-state index in [1.54, 1.807) is 7.11 Å². The van der Waals surface area contributed by atoms with Crippen molar-refractivity contribution in [2.24, 2.45) is 0 Å². The van der Waals surface area contributed by atoms with Crippen molar-refractivity contribution in [3.05, 3.63) is 35.4 Å². The van der Waals surface area contributed by atoms with Crippen molar-refractivity contribution < 1.29 is 19.4 Å². The Labute approximate surface area is 140 Å². The number of ether oxygens (including phenoxy) is 2. The van der Waals surface area contributed by atoms with Crippen molar-refractivity contribution >= 4 is 22.7 Å². The summed E-state index contributed by atoms with van der Waals surface area (Å²) in [5.41, 5.74) is 1.36. The standard InChI is InChI=1S/C18H22N2O4/c1-12-13-5-3-4-6-14(13)20-16(15(12)17(21)22)19-11-18(23-2)7-9-24-10-8-18/h3-6H,7-11H2,1-2H3,(H,19,20)(H,21,22). The average molecular weight is 330 g/mol. The molecule has 0 saturated carbocycles. The van der Waals surface area contributed by atoms with Crippen LogP contribution in [0, 0.1) is 6.92 Å². The van der Waals surface area contributed by atoms with E-state index in [1.807, 2.05) is 31.2 Å². The number of methoxy groups -OCH3 is 1. The predicted molar refractivity (Wildman–Crippen MR) is 91.7 cm³/mol. The molecule has 1 aromatic heterocycles. The Morgan fingerprint density at radius 2 is 2.08 bits per heavy atom. The maximum Gasteiger partial charge on any atom is 0.339 e. The molecule has 0 bridgehead atoms. The molecule has 3 rings (SSSR count). The smallest absolute Gasteiger partial charge is 0.339 e. The molecule has 1 saturated heterocycles. The van der Waals surface area contributed by atoms with Crippen molar-refractivity contribution in [1.82, 2.24) is 4.98 Å². The van der Waals surface area contributed by atoms with Gasteiger partial charge in [0.25, 0.3) is 0 Å². The number of aromatic nitrogens is 1. The first-order chi connectivity index (χ1) is 11.6. The van der Waals surface area contributed by atoms with Gasteiger partial charge in [0, 0.05) is 45.1 Å². The molecule has 24 heavy (non-hydrogen) atoms. The molecule has 1 fully saturated rings. The van der Waals surface area contributed by atoms with Gasteiger partial charge in [0.05, 0.1) is 11.1 Å². The molecule has 1 aliphatic heterocycles. The molecule has 0 radical (unpaired) electrons. The van der Waals surface area contributed by atoms with Gasteiger partial charge in [0.15, 0.2) is 0 Å². The minimum atomic E-state index is -0.980. The molecule has 0 aliphatic carbocycles. The lowest BCUT2D eigenvalue weighted by atomic mass is 9.93. The van der Waals surface area contributed by atoms with Gasteiger partial charge < -0.3 is 19.9 Å². The zero-order valence-corrected chi connectivity index (χ0v) is 14.0. The molecule has 0 unspecified atom stereocenters. The predicted octanol–water partition coefficient (Wildman–Crippen LogP) is 2.85. The van der Waals surface area contributed by atoms with Gasteiger partial charge in [-0.25, -0.2) is 9.78 Å². The largest absolute Gasteiger partial charge is 0.478 e. The van der Waals surface area contributed by atoms with E-state index in [0.29, 0.717) is 31.1 Å². The number of benzene rings is 1. The van der Waals surface area contributed by atoms with Crippen LogP contribution in [-0.2, 0) is 9.47 Å². The highest BCUT2D eigenvalue weighted by Crippen LogP contribution is 2.29. The molecule has 2 heterocycles. The average Bonchev–Trinajstić information content (AvgIpc) is 2.60. The van der Waals surface area contributed by atoms with E-state index in [9.17, 15) is 9.90 Å². The fourth-order valence-corrected chi connectivity index (χ4v) is 3.21. The summed E-state index contributed by atoms with van der Waals surface area (Å²) in [4.78, 5) is 16.3. The molecule has 2 N–H and O–H groups in total. The lowest BCUT2D eigenvalue weighted by Gasteiger charge is -2.36. The van der Waals surface area contributed by atoms with Gasteiger partial charge in [-0.3, -0.25) is 0 Å². The van der Waals surface area contributed by atoms with E-state index < -0.39 is 5.97 Å². The van der Waals surface area contributed by atoms with Crippen LogP contribution in [0.15, 0.2) is 24.3 Å². The van der Waals surface area contributed by atoms with Crippen LogP contribution in [0.1, 0.15) is 28.8 Å². The van der Waals surface area contributed by atoms with E-state index in [0.717, 1.165) is 23.7 Å². The molecule has 6 nitrogen and oxygen atoms in total. The fourth-order valence-electron chi connectivity index (χ4n) is 3.21. The zero-order chi connectivity index (χ0) is 17.2. The highest BCUT2D eigenvalue weighted by molar-refractivity contribution is 6.01. The minimum absolute atomic E-state index is 0.215. The third kappa shape index (κ3) is 3.07. The lowest BCUT2D eigenvalue weighted by Crippen LogP contribution is -2.44. The van der Waals surface area contributed by atoms with Gasteiger partial charge >= 0.3 is 5.97 Å². The fraction of sp³-hybridized carbons (Fsp3) is 0.444. The first-order valence-electron chi connectivity index (χ1n) is 8.06. The zero-order valence-electron chi connectivity index (χ0n) is 14.0. The number of hydrogen-bond acceptors (Lipinski definition) is 5. The van der Waals surface area contributed by atoms with Crippen molar-refractivity contribution in [2.75, 3.05) is 32.2 Å². The summed E-state index contributed by atoms with van der Waals surface area (Å²) in [5.74, 6) is -0.590. The number of nitrogens with one attached hydrogen (secondary N) is 1. The van der Waals surface area contributed by atoms with E-state index in [-0.39, 0.29) is 11.2 Å². The minimum Gasteiger partial charge on any atom is -0.478 e. The summed E-state index contributed by atoms with van der Waals surface area (Å²) in [6.45, 7) is 3.61.